The first-order valence-corrected chi connectivity index (χ1v) is 8.65. The molecule has 0 radical (unpaired) electrons. The lowest BCUT2D eigenvalue weighted by molar-refractivity contribution is 0.245. The lowest BCUT2D eigenvalue weighted by Crippen LogP contribution is -2.25. The summed E-state index contributed by atoms with van der Waals surface area (Å²) in [6.45, 7) is 5.99. The molecule has 2 heterocycles. The molecular weight excluding hydrogens is 278 g/mol. The first kappa shape index (κ1) is 14.7. The smallest absolute Gasteiger partial charge is 0.0548 e. The van der Waals surface area contributed by atoms with Crippen LogP contribution in [0.5, 0.6) is 0 Å². The summed E-state index contributed by atoms with van der Waals surface area (Å²) in [5.41, 5.74) is 2.33. The van der Waals surface area contributed by atoms with Crippen molar-refractivity contribution in [2.75, 3.05) is 6.54 Å². The molecule has 1 N–H and O–H groups in total. The summed E-state index contributed by atoms with van der Waals surface area (Å²) in [4.78, 5) is 8.81. The first-order valence-electron chi connectivity index (χ1n) is 7.77. The average molecular weight is 301 g/mol. The Balaban J connectivity index is 1.65. The van der Waals surface area contributed by atoms with E-state index in [1.54, 1.807) is 0 Å². The van der Waals surface area contributed by atoms with E-state index in [4.69, 9.17) is 4.98 Å². The third-order valence-corrected chi connectivity index (χ3v) is 4.65. The zero-order valence-electron chi connectivity index (χ0n) is 12.6. The lowest BCUT2D eigenvalue weighted by Gasteiger charge is -2.21. The SMILES string of the molecule is CCNCc1cccc(CN(Cc2cccs2)C2CC2)n1. The molecule has 112 valence electrons. The molecule has 21 heavy (non-hydrogen) atoms. The number of thiophene rings is 1. The highest BCUT2D eigenvalue weighted by atomic mass is 32.1. The van der Waals surface area contributed by atoms with Gasteiger partial charge in [-0.3, -0.25) is 9.88 Å². The van der Waals surface area contributed by atoms with Crippen molar-refractivity contribution < 1.29 is 0 Å². The minimum atomic E-state index is 0.756. The Labute approximate surface area is 131 Å². The Hall–Kier alpha value is -1.23. The van der Waals surface area contributed by atoms with Crippen LogP contribution >= 0.6 is 11.3 Å². The van der Waals surface area contributed by atoms with Crippen molar-refractivity contribution in [1.82, 2.24) is 15.2 Å². The topological polar surface area (TPSA) is 28.2 Å². The van der Waals surface area contributed by atoms with E-state index >= 15 is 0 Å². The van der Waals surface area contributed by atoms with Gasteiger partial charge in [-0.15, -0.1) is 11.3 Å². The fourth-order valence-corrected chi connectivity index (χ4v) is 3.26. The zero-order valence-corrected chi connectivity index (χ0v) is 13.4. The normalized spacial score (nSPS) is 14.8. The molecule has 0 aromatic carbocycles. The van der Waals surface area contributed by atoms with Gasteiger partial charge in [0.1, 0.15) is 0 Å². The number of aromatic nitrogens is 1. The van der Waals surface area contributed by atoms with Crippen molar-refractivity contribution in [3.05, 3.63) is 52.0 Å². The summed E-state index contributed by atoms with van der Waals surface area (Å²) in [6, 6.07) is 11.5. The molecule has 2 aromatic heterocycles. The van der Waals surface area contributed by atoms with Crippen LogP contribution in [0.3, 0.4) is 0 Å². The maximum Gasteiger partial charge on any atom is 0.0548 e. The summed E-state index contributed by atoms with van der Waals surface area (Å²) < 4.78 is 0. The Bertz CT molecular complexity index is 549. The van der Waals surface area contributed by atoms with Crippen LogP contribution in [0.1, 0.15) is 36.0 Å². The van der Waals surface area contributed by atoms with Crippen molar-refractivity contribution in [2.24, 2.45) is 0 Å². The highest BCUT2D eigenvalue weighted by molar-refractivity contribution is 7.09. The molecule has 0 spiro atoms. The zero-order chi connectivity index (χ0) is 14.5. The van der Waals surface area contributed by atoms with Crippen LogP contribution in [0.25, 0.3) is 0 Å². The molecule has 0 amide bonds. The second kappa shape index (κ2) is 7.16. The average Bonchev–Trinajstić information content (AvgIpc) is 3.23. The molecule has 0 bridgehead atoms. The van der Waals surface area contributed by atoms with Gasteiger partial charge in [0.15, 0.2) is 0 Å². The standard InChI is InChI=1S/C17H23N3S/c1-2-18-11-14-5-3-6-15(19-14)12-20(16-8-9-16)13-17-7-4-10-21-17/h3-7,10,16,18H,2,8-9,11-13H2,1H3. The molecule has 1 aliphatic rings. The van der Waals surface area contributed by atoms with Crippen molar-refractivity contribution >= 4 is 11.3 Å². The van der Waals surface area contributed by atoms with E-state index in [2.05, 4.69) is 52.9 Å². The molecule has 1 fully saturated rings. The number of hydrogen-bond acceptors (Lipinski definition) is 4. The number of nitrogens with zero attached hydrogens (tertiary/aromatic N) is 2. The predicted molar refractivity (Wildman–Crippen MR) is 88.2 cm³/mol. The molecule has 1 saturated carbocycles. The van der Waals surface area contributed by atoms with Gasteiger partial charge in [-0.25, -0.2) is 0 Å². The maximum atomic E-state index is 4.79. The highest BCUT2D eigenvalue weighted by Gasteiger charge is 2.29. The Morgan fingerprint density at radius 2 is 2.05 bits per heavy atom. The second-order valence-corrected chi connectivity index (χ2v) is 6.65. The number of hydrogen-bond donors (Lipinski definition) is 1. The molecule has 0 atom stereocenters. The van der Waals surface area contributed by atoms with E-state index in [9.17, 15) is 0 Å². The van der Waals surface area contributed by atoms with Crippen LogP contribution in [0.4, 0.5) is 0 Å². The van der Waals surface area contributed by atoms with Gasteiger partial charge in [0.2, 0.25) is 0 Å². The monoisotopic (exact) mass is 301 g/mol. The van der Waals surface area contributed by atoms with Crippen molar-refractivity contribution in [2.45, 2.75) is 45.4 Å². The largest absolute Gasteiger partial charge is 0.311 e. The molecule has 3 nitrogen and oxygen atoms in total. The molecule has 4 heteroatoms. The van der Waals surface area contributed by atoms with Gasteiger partial charge in [0.25, 0.3) is 0 Å². The van der Waals surface area contributed by atoms with E-state index in [1.165, 1.54) is 23.4 Å². The fourth-order valence-electron chi connectivity index (χ4n) is 2.53. The summed E-state index contributed by atoms with van der Waals surface area (Å²) >= 11 is 1.85. The maximum absolute atomic E-state index is 4.79. The highest BCUT2D eigenvalue weighted by Crippen LogP contribution is 2.30. The predicted octanol–water partition coefficient (Wildman–Crippen LogP) is 3.42. The van der Waals surface area contributed by atoms with E-state index < -0.39 is 0 Å². The molecular formula is C17H23N3S. The van der Waals surface area contributed by atoms with Crippen LogP contribution in [0, 0.1) is 0 Å². The fraction of sp³-hybridized carbons (Fsp3) is 0.471. The summed E-state index contributed by atoms with van der Waals surface area (Å²) in [7, 11) is 0. The summed E-state index contributed by atoms with van der Waals surface area (Å²) in [6.07, 6.45) is 2.67. The Morgan fingerprint density at radius 3 is 2.76 bits per heavy atom. The lowest BCUT2D eigenvalue weighted by atomic mass is 10.2. The van der Waals surface area contributed by atoms with E-state index in [-0.39, 0.29) is 0 Å². The number of nitrogens with one attached hydrogen (secondary N) is 1. The van der Waals surface area contributed by atoms with Gasteiger partial charge < -0.3 is 5.32 Å². The van der Waals surface area contributed by atoms with Gasteiger partial charge in [-0.1, -0.05) is 19.1 Å². The first-order chi connectivity index (χ1) is 10.3. The second-order valence-electron chi connectivity index (χ2n) is 5.62. The minimum absolute atomic E-state index is 0.756. The summed E-state index contributed by atoms with van der Waals surface area (Å²) in [5, 5.41) is 5.50. The molecule has 1 aliphatic carbocycles. The van der Waals surface area contributed by atoms with Crippen molar-refractivity contribution in [3.63, 3.8) is 0 Å². The van der Waals surface area contributed by atoms with Gasteiger partial charge in [-0.2, -0.15) is 0 Å². The third kappa shape index (κ3) is 4.37. The Morgan fingerprint density at radius 1 is 1.19 bits per heavy atom. The van der Waals surface area contributed by atoms with Crippen LogP contribution in [0.2, 0.25) is 0 Å². The number of rotatable bonds is 8. The number of pyridine rings is 1. The quantitative estimate of drug-likeness (QED) is 0.810. The Kier molecular flexibility index (Phi) is 5.01. The third-order valence-electron chi connectivity index (χ3n) is 3.79. The van der Waals surface area contributed by atoms with Gasteiger partial charge in [0, 0.05) is 30.6 Å². The van der Waals surface area contributed by atoms with Crippen molar-refractivity contribution in [3.8, 4) is 0 Å². The van der Waals surface area contributed by atoms with E-state index in [0.717, 1.165) is 37.9 Å². The van der Waals surface area contributed by atoms with Crippen LogP contribution in [0.15, 0.2) is 35.7 Å². The van der Waals surface area contributed by atoms with Crippen LogP contribution in [-0.4, -0.2) is 22.5 Å². The van der Waals surface area contributed by atoms with Crippen LogP contribution in [-0.2, 0) is 19.6 Å². The van der Waals surface area contributed by atoms with Gasteiger partial charge in [-0.05, 0) is 43.0 Å². The molecule has 0 unspecified atom stereocenters. The van der Waals surface area contributed by atoms with Gasteiger partial charge in [0.05, 0.1) is 11.4 Å². The molecule has 2 aromatic rings. The van der Waals surface area contributed by atoms with Gasteiger partial charge >= 0.3 is 0 Å². The molecule has 3 rings (SSSR count). The molecule has 0 saturated heterocycles. The van der Waals surface area contributed by atoms with Crippen molar-refractivity contribution in [1.29, 1.82) is 0 Å². The van der Waals surface area contributed by atoms with E-state index in [0.29, 0.717) is 0 Å². The van der Waals surface area contributed by atoms with Crippen LogP contribution < -0.4 is 5.32 Å². The van der Waals surface area contributed by atoms with E-state index in [1.807, 2.05) is 11.3 Å². The summed E-state index contributed by atoms with van der Waals surface area (Å²) in [5.74, 6) is 0. The molecule has 0 aliphatic heterocycles. The minimum Gasteiger partial charge on any atom is -0.311 e.